The number of aryl methyl sites for hydroxylation is 1. The molecule has 1 saturated carbocycles. The average molecular weight is 544 g/mol. The van der Waals surface area contributed by atoms with Crippen LogP contribution in [0.5, 0.6) is 0 Å². The van der Waals surface area contributed by atoms with Crippen LogP contribution in [0.25, 0.3) is 5.57 Å². The lowest BCUT2D eigenvalue weighted by Gasteiger charge is -2.46. The van der Waals surface area contributed by atoms with Gasteiger partial charge in [-0.3, -0.25) is 9.78 Å². The highest BCUT2D eigenvalue weighted by Crippen LogP contribution is 2.50. The monoisotopic (exact) mass is 544 g/mol. The Balaban J connectivity index is 1.82. The third-order valence-electron chi connectivity index (χ3n) is 6.73. The topological polar surface area (TPSA) is 58.1 Å². The maximum atomic E-state index is 12.8. The van der Waals surface area contributed by atoms with Crippen molar-refractivity contribution in [1.82, 2.24) is 9.97 Å². The molecular formula is C26H33IN4O. The third-order valence-corrected chi connectivity index (χ3v) is 7.17. The molecule has 170 valence electrons. The zero-order valence-electron chi connectivity index (χ0n) is 19.4. The summed E-state index contributed by atoms with van der Waals surface area (Å²) in [5.41, 5.74) is 5.76. The van der Waals surface area contributed by atoms with E-state index in [1.54, 1.807) is 13.1 Å². The van der Waals surface area contributed by atoms with E-state index < -0.39 is 0 Å². The van der Waals surface area contributed by atoms with Gasteiger partial charge in [0.1, 0.15) is 5.82 Å². The summed E-state index contributed by atoms with van der Waals surface area (Å²) in [4.78, 5) is 23.9. The number of rotatable bonds is 7. The number of benzene rings is 1. The van der Waals surface area contributed by atoms with Crippen LogP contribution in [0.4, 0.5) is 11.5 Å². The van der Waals surface area contributed by atoms with Crippen molar-refractivity contribution < 1.29 is 4.79 Å². The van der Waals surface area contributed by atoms with Crippen molar-refractivity contribution >= 4 is 45.6 Å². The van der Waals surface area contributed by atoms with Gasteiger partial charge in [-0.15, -0.1) is 0 Å². The number of fused-ring (bicyclic) bond motifs is 1. The summed E-state index contributed by atoms with van der Waals surface area (Å²) in [6.07, 6.45) is 10.5. The summed E-state index contributed by atoms with van der Waals surface area (Å²) in [7, 11) is 0. The first-order valence-corrected chi connectivity index (χ1v) is 13.2. The van der Waals surface area contributed by atoms with Crippen LogP contribution in [0, 0.1) is 18.8 Å². The van der Waals surface area contributed by atoms with E-state index in [0.29, 0.717) is 5.92 Å². The number of allylic oxidation sites excluding steroid dienone is 2. The second-order valence-electron chi connectivity index (χ2n) is 9.15. The number of aromatic nitrogens is 2. The van der Waals surface area contributed by atoms with Gasteiger partial charge in [0.15, 0.2) is 0 Å². The molecule has 0 unspecified atom stereocenters. The van der Waals surface area contributed by atoms with Crippen molar-refractivity contribution in [3.63, 3.8) is 0 Å². The van der Waals surface area contributed by atoms with E-state index >= 15 is 0 Å². The first-order chi connectivity index (χ1) is 15.4. The maximum Gasteiger partial charge on any atom is 0.224 e. The Morgan fingerprint density at radius 1 is 1.28 bits per heavy atom. The molecule has 2 aromatic rings. The minimum Gasteiger partial charge on any atom is -0.362 e. The zero-order valence-corrected chi connectivity index (χ0v) is 21.6. The number of hydrogen-bond donors (Lipinski definition) is 1. The fourth-order valence-electron chi connectivity index (χ4n) is 5.12. The van der Waals surface area contributed by atoms with Crippen LogP contribution >= 0.6 is 22.6 Å². The summed E-state index contributed by atoms with van der Waals surface area (Å²) in [5.74, 6) is 1.75. The summed E-state index contributed by atoms with van der Waals surface area (Å²) < 4.78 is 0.991. The minimum absolute atomic E-state index is 0.0747. The van der Waals surface area contributed by atoms with E-state index in [-0.39, 0.29) is 23.9 Å². The maximum absolute atomic E-state index is 12.8. The number of carbonyl (C=O) groups excluding carboxylic acids is 1. The van der Waals surface area contributed by atoms with Crippen molar-refractivity contribution in [1.29, 1.82) is 0 Å². The fourth-order valence-corrected chi connectivity index (χ4v) is 5.65. The molecule has 1 aromatic carbocycles. The van der Waals surface area contributed by atoms with Crippen molar-refractivity contribution in [2.24, 2.45) is 11.8 Å². The van der Waals surface area contributed by atoms with E-state index in [4.69, 9.17) is 0 Å². The molecule has 1 aliphatic carbocycles. The average Bonchev–Trinajstić information content (AvgIpc) is 3.61. The van der Waals surface area contributed by atoms with Gasteiger partial charge in [0.05, 0.1) is 24.1 Å². The Morgan fingerprint density at radius 3 is 2.66 bits per heavy atom. The number of amides is 1. The first kappa shape index (κ1) is 23.2. The van der Waals surface area contributed by atoms with E-state index in [1.165, 1.54) is 29.5 Å². The summed E-state index contributed by atoms with van der Waals surface area (Å²) in [6.45, 7) is 8.16. The third kappa shape index (κ3) is 4.70. The van der Waals surface area contributed by atoms with Crippen LogP contribution in [0.1, 0.15) is 69.3 Å². The Bertz CT molecular complexity index is 999. The van der Waals surface area contributed by atoms with Gasteiger partial charge in [-0.2, -0.15) is 0 Å². The molecule has 2 heterocycles. The molecule has 1 amide bonds. The molecule has 1 aliphatic heterocycles. The Labute approximate surface area is 205 Å². The summed E-state index contributed by atoms with van der Waals surface area (Å²) >= 11 is 2.41. The SMILES string of the molecule is CCC/C(=C\CI)c1ccc2c(c1)[C@H](Nc1cnc(C)cn1)[C@@H](C)[C@H](C1CC1)N2C(C)=O. The highest BCUT2D eigenvalue weighted by Gasteiger charge is 2.47. The molecule has 6 heteroatoms. The standard InChI is InChI=1S/C26H33IN4O/c1-5-6-19(11-12-27)21-9-10-23-22(13-21)25(30-24-15-28-16(2)14-29-24)17(3)26(20-7-8-20)31(23)18(4)32/h9-11,13-15,17,20,25-26H,5-8,12H2,1-4H3,(H,29,30)/b19-11+/t17-,25-,26-/m1/s1. The lowest BCUT2D eigenvalue weighted by molar-refractivity contribution is -0.117. The number of nitrogens with zero attached hydrogens (tertiary/aromatic N) is 3. The van der Waals surface area contributed by atoms with E-state index in [0.717, 1.165) is 34.5 Å². The van der Waals surface area contributed by atoms with Crippen molar-refractivity contribution in [2.45, 2.75) is 65.5 Å². The molecule has 1 fully saturated rings. The number of carbonyl (C=O) groups is 1. The molecule has 0 saturated heterocycles. The van der Waals surface area contributed by atoms with Gasteiger partial charge in [-0.25, -0.2) is 4.98 Å². The number of anilines is 2. The molecule has 2 aliphatic rings. The van der Waals surface area contributed by atoms with Crippen molar-refractivity contribution in [3.8, 4) is 0 Å². The predicted molar refractivity (Wildman–Crippen MR) is 140 cm³/mol. The molecule has 4 rings (SSSR count). The fraction of sp³-hybridized carbons (Fsp3) is 0.500. The van der Waals surface area contributed by atoms with Gasteiger partial charge < -0.3 is 10.2 Å². The summed E-state index contributed by atoms with van der Waals surface area (Å²) in [5, 5.41) is 3.68. The van der Waals surface area contributed by atoms with Crippen molar-refractivity contribution in [2.75, 3.05) is 14.6 Å². The number of nitrogens with one attached hydrogen (secondary N) is 1. The molecule has 1 N–H and O–H groups in total. The van der Waals surface area contributed by atoms with Crippen LogP contribution in [-0.4, -0.2) is 26.3 Å². The summed E-state index contributed by atoms with van der Waals surface area (Å²) in [6, 6.07) is 6.95. The molecule has 32 heavy (non-hydrogen) atoms. The number of hydrogen-bond acceptors (Lipinski definition) is 4. The Morgan fingerprint density at radius 2 is 2.06 bits per heavy atom. The van der Waals surface area contributed by atoms with E-state index in [9.17, 15) is 4.79 Å². The van der Waals surface area contributed by atoms with Gasteiger partial charge >= 0.3 is 0 Å². The molecule has 5 nitrogen and oxygen atoms in total. The highest BCUT2D eigenvalue weighted by atomic mass is 127. The first-order valence-electron chi connectivity index (χ1n) is 11.7. The lowest BCUT2D eigenvalue weighted by atomic mass is 9.79. The lowest BCUT2D eigenvalue weighted by Crippen LogP contribution is -2.51. The molecular weight excluding hydrogens is 511 g/mol. The van der Waals surface area contributed by atoms with Crippen LogP contribution in [0.3, 0.4) is 0 Å². The Kier molecular flexibility index (Phi) is 7.17. The normalized spacial score (nSPS) is 23.1. The van der Waals surface area contributed by atoms with Crippen LogP contribution in [0.2, 0.25) is 0 Å². The number of alkyl halides is 1. The van der Waals surface area contributed by atoms with Crippen LogP contribution in [0.15, 0.2) is 36.7 Å². The predicted octanol–water partition coefficient (Wildman–Crippen LogP) is 6.34. The van der Waals surface area contributed by atoms with Gasteiger partial charge in [0.25, 0.3) is 0 Å². The second-order valence-corrected chi connectivity index (χ2v) is 10.0. The van der Waals surface area contributed by atoms with Crippen LogP contribution in [-0.2, 0) is 4.79 Å². The molecule has 0 bridgehead atoms. The number of halogens is 1. The molecule has 1 aromatic heterocycles. The Hall–Kier alpha value is -1.96. The molecule has 3 atom stereocenters. The molecule has 0 radical (unpaired) electrons. The minimum atomic E-state index is 0.0747. The molecule has 0 spiro atoms. The van der Waals surface area contributed by atoms with Crippen molar-refractivity contribution in [3.05, 3.63) is 53.5 Å². The second kappa shape index (κ2) is 9.89. The largest absolute Gasteiger partial charge is 0.362 e. The van der Waals surface area contributed by atoms with Gasteiger partial charge in [0.2, 0.25) is 5.91 Å². The van der Waals surface area contributed by atoms with E-state index in [2.05, 4.69) is 80.9 Å². The van der Waals surface area contributed by atoms with Gasteiger partial charge in [-0.1, -0.05) is 55.0 Å². The smallest absolute Gasteiger partial charge is 0.224 e. The van der Waals surface area contributed by atoms with E-state index in [1.807, 2.05) is 13.1 Å². The zero-order chi connectivity index (χ0) is 22.8. The van der Waals surface area contributed by atoms with Gasteiger partial charge in [0, 0.05) is 29.0 Å². The quantitative estimate of drug-likeness (QED) is 0.327. The highest BCUT2D eigenvalue weighted by molar-refractivity contribution is 14.1. The van der Waals surface area contributed by atoms with Gasteiger partial charge in [-0.05, 0) is 60.9 Å². The van der Waals surface area contributed by atoms with Crippen LogP contribution < -0.4 is 10.2 Å².